The fourth-order valence-corrected chi connectivity index (χ4v) is 5.55. The third kappa shape index (κ3) is 5.93. The summed E-state index contributed by atoms with van der Waals surface area (Å²) in [5.41, 5.74) is 2.78. The summed E-state index contributed by atoms with van der Waals surface area (Å²) in [6.07, 6.45) is 8.16. The third-order valence-corrected chi connectivity index (χ3v) is 8.00. The van der Waals surface area contributed by atoms with Crippen LogP contribution in [0.3, 0.4) is 0 Å². The first-order valence-corrected chi connectivity index (χ1v) is 14.5. The lowest BCUT2D eigenvalue weighted by Gasteiger charge is -2.23. The van der Waals surface area contributed by atoms with Crippen LogP contribution in [0.5, 0.6) is 0 Å². The minimum absolute atomic E-state index is 0.0863. The van der Waals surface area contributed by atoms with Crippen LogP contribution in [0.2, 0.25) is 5.02 Å². The quantitative estimate of drug-likeness (QED) is 0.205. The summed E-state index contributed by atoms with van der Waals surface area (Å²) < 4.78 is 30.8. The Labute approximate surface area is 256 Å². The largest absolute Gasteiger partial charge is 0.325 e. The van der Waals surface area contributed by atoms with Gasteiger partial charge in [0.1, 0.15) is 5.82 Å². The molecule has 1 aliphatic rings. The van der Waals surface area contributed by atoms with Crippen molar-refractivity contribution in [1.29, 1.82) is 0 Å². The van der Waals surface area contributed by atoms with E-state index in [1.165, 1.54) is 22.9 Å². The second kappa shape index (κ2) is 12.3. The molecule has 5 aromatic rings. The Bertz CT molecular complexity index is 1920. The molecule has 1 amide bonds. The van der Waals surface area contributed by atoms with Gasteiger partial charge in [-0.2, -0.15) is 0 Å². The molecule has 6 rings (SSSR count). The van der Waals surface area contributed by atoms with Gasteiger partial charge in [0.25, 0.3) is 5.56 Å². The van der Waals surface area contributed by atoms with Crippen LogP contribution in [-0.4, -0.2) is 25.4 Å². The molecule has 44 heavy (non-hydrogen) atoms. The van der Waals surface area contributed by atoms with E-state index in [1.54, 1.807) is 24.7 Å². The standard InChI is InChI=1S/C33H27ClF2N6O2/c1-19-4-2-5-28(42-15-11-21(17-29(42)43)30-25(35)9-8-24(34)31(30)36)27-16-20(10-14-37-27)23-7-6-22(18-26(23)41-32(19)44)40-33-38-12-3-13-39-33/h3,6-19,28H,2,4-5H2,1H3,(H,41,44)(H,38,39,40). The van der Waals surface area contributed by atoms with Crippen LogP contribution in [0, 0.1) is 17.6 Å². The summed E-state index contributed by atoms with van der Waals surface area (Å²) in [4.78, 5) is 39.8. The van der Waals surface area contributed by atoms with E-state index in [0.29, 0.717) is 42.3 Å². The van der Waals surface area contributed by atoms with Crippen molar-refractivity contribution >= 4 is 34.8 Å². The van der Waals surface area contributed by atoms with E-state index in [0.717, 1.165) is 23.3 Å². The number of pyridine rings is 2. The number of benzene rings is 2. The Balaban J connectivity index is 1.41. The van der Waals surface area contributed by atoms with E-state index < -0.39 is 23.2 Å². The minimum atomic E-state index is -0.926. The van der Waals surface area contributed by atoms with E-state index in [2.05, 4.69) is 25.6 Å². The van der Waals surface area contributed by atoms with Gasteiger partial charge in [-0.05, 0) is 72.5 Å². The number of carbonyl (C=O) groups is 1. The van der Waals surface area contributed by atoms with E-state index in [9.17, 15) is 18.4 Å². The predicted octanol–water partition coefficient (Wildman–Crippen LogP) is 7.39. The first-order chi connectivity index (χ1) is 21.3. The highest BCUT2D eigenvalue weighted by molar-refractivity contribution is 6.31. The van der Waals surface area contributed by atoms with Gasteiger partial charge >= 0.3 is 0 Å². The highest BCUT2D eigenvalue weighted by atomic mass is 35.5. The molecule has 0 fully saturated rings. The van der Waals surface area contributed by atoms with Crippen molar-refractivity contribution in [3.8, 4) is 22.3 Å². The van der Waals surface area contributed by atoms with Gasteiger partial charge in [-0.25, -0.2) is 18.7 Å². The summed E-state index contributed by atoms with van der Waals surface area (Å²) in [7, 11) is 0. The molecule has 3 aromatic heterocycles. The first kappa shape index (κ1) is 29.1. The number of carbonyl (C=O) groups excluding carboxylic acids is 1. The Morgan fingerprint density at radius 3 is 2.55 bits per heavy atom. The van der Waals surface area contributed by atoms with E-state index >= 15 is 0 Å². The summed E-state index contributed by atoms with van der Waals surface area (Å²) in [6.45, 7) is 1.86. The number of aromatic nitrogens is 4. The number of hydrogen-bond acceptors (Lipinski definition) is 6. The molecule has 2 atom stereocenters. The maximum Gasteiger partial charge on any atom is 0.251 e. The van der Waals surface area contributed by atoms with Gasteiger partial charge in [0.05, 0.1) is 28.0 Å². The first-order valence-electron chi connectivity index (χ1n) is 14.1. The molecule has 0 radical (unpaired) electrons. The number of rotatable bonds is 4. The van der Waals surface area contributed by atoms with Crippen molar-refractivity contribution < 1.29 is 13.6 Å². The lowest BCUT2D eigenvalue weighted by Crippen LogP contribution is -2.26. The zero-order valence-corrected chi connectivity index (χ0v) is 24.4. The molecule has 2 unspecified atom stereocenters. The van der Waals surface area contributed by atoms with Gasteiger partial charge in [-0.1, -0.05) is 31.0 Å². The van der Waals surface area contributed by atoms with E-state index in [-0.39, 0.29) is 28.0 Å². The molecule has 0 aliphatic carbocycles. The molecule has 2 bridgehead atoms. The molecule has 4 heterocycles. The van der Waals surface area contributed by atoms with Crippen molar-refractivity contribution in [2.45, 2.75) is 32.2 Å². The van der Waals surface area contributed by atoms with Crippen LogP contribution < -0.4 is 16.2 Å². The summed E-state index contributed by atoms with van der Waals surface area (Å²) in [6, 6.07) is 15.5. The zero-order valence-electron chi connectivity index (χ0n) is 23.6. The van der Waals surface area contributed by atoms with Gasteiger partial charge < -0.3 is 15.2 Å². The molecular weight excluding hydrogens is 586 g/mol. The summed E-state index contributed by atoms with van der Waals surface area (Å²) in [5.74, 6) is -1.75. The van der Waals surface area contributed by atoms with Crippen molar-refractivity contribution in [2.75, 3.05) is 10.6 Å². The molecule has 0 spiro atoms. The number of nitrogens with zero attached hydrogens (tertiary/aromatic N) is 4. The molecule has 8 nitrogen and oxygen atoms in total. The highest BCUT2D eigenvalue weighted by Crippen LogP contribution is 2.35. The summed E-state index contributed by atoms with van der Waals surface area (Å²) >= 11 is 5.89. The number of anilines is 3. The van der Waals surface area contributed by atoms with Crippen molar-refractivity contribution in [1.82, 2.24) is 19.5 Å². The molecule has 0 saturated heterocycles. The van der Waals surface area contributed by atoms with Gasteiger partial charge in [-0.3, -0.25) is 14.6 Å². The van der Waals surface area contributed by atoms with Gasteiger partial charge in [0, 0.05) is 48.0 Å². The Morgan fingerprint density at radius 2 is 1.75 bits per heavy atom. The average molecular weight is 613 g/mol. The van der Waals surface area contributed by atoms with Crippen LogP contribution >= 0.6 is 11.6 Å². The third-order valence-electron chi connectivity index (χ3n) is 7.71. The van der Waals surface area contributed by atoms with Crippen LogP contribution in [0.4, 0.5) is 26.1 Å². The second-order valence-corrected chi connectivity index (χ2v) is 11.1. The number of halogens is 3. The molecular formula is C33H27ClF2N6O2. The Kier molecular flexibility index (Phi) is 8.17. The minimum Gasteiger partial charge on any atom is -0.325 e. The lowest BCUT2D eigenvalue weighted by atomic mass is 9.95. The van der Waals surface area contributed by atoms with Gasteiger partial charge in [0.2, 0.25) is 11.9 Å². The Hall–Kier alpha value is -4.96. The molecule has 1 aliphatic heterocycles. The monoisotopic (exact) mass is 612 g/mol. The normalized spacial score (nSPS) is 16.7. The van der Waals surface area contributed by atoms with Crippen LogP contribution in [-0.2, 0) is 4.79 Å². The van der Waals surface area contributed by atoms with Crippen molar-refractivity contribution in [2.24, 2.45) is 5.92 Å². The topological polar surface area (TPSA) is 102 Å². The SMILES string of the molecule is CC1CCCC(n2ccc(-c3c(F)ccc(Cl)c3F)cc2=O)c2cc(ccn2)-c2ccc(Nc3ncccn3)cc2NC1=O. The molecule has 2 aromatic carbocycles. The highest BCUT2D eigenvalue weighted by Gasteiger charge is 2.23. The predicted molar refractivity (Wildman–Crippen MR) is 166 cm³/mol. The van der Waals surface area contributed by atoms with Gasteiger partial charge in [-0.15, -0.1) is 0 Å². The van der Waals surface area contributed by atoms with Crippen LogP contribution in [0.15, 0.2) is 90.2 Å². The number of hydrogen-bond donors (Lipinski definition) is 2. The van der Waals surface area contributed by atoms with Crippen molar-refractivity contribution in [3.05, 3.63) is 118 Å². The molecule has 0 saturated carbocycles. The average Bonchev–Trinajstić information content (AvgIpc) is 3.02. The maximum absolute atomic E-state index is 14.7. The number of fused-ring (bicyclic) bond motifs is 4. The maximum atomic E-state index is 14.7. The molecule has 11 heteroatoms. The van der Waals surface area contributed by atoms with Crippen LogP contribution in [0.25, 0.3) is 22.3 Å². The fourth-order valence-electron chi connectivity index (χ4n) is 5.40. The summed E-state index contributed by atoms with van der Waals surface area (Å²) in [5, 5.41) is 6.00. The molecule has 222 valence electrons. The molecule has 2 N–H and O–H groups in total. The zero-order chi connectivity index (χ0) is 30.8. The van der Waals surface area contributed by atoms with Crippen molar-refractivity contribution in [3.63, 3.8) is 0 Å². The Morgan fingerprint density at radius 1 is 0.932 bits per heavy atom. The second-order valence-electron chi connectivity index (χ2n) is 10.6. The van der Waals surface area contributed by atoms with Crippen LogP contribution in [0.1, 0.15) is 37.9 Å². The van der Waals surface area contributed by atoms with E-state index in [4.69, 9.17) is 11.6 Å². The smallest absolute Gasteiger partial charge is 0.251 e. The number of nitrogens with one attached hydrogen (secondary N) is 2. The lowest BCUT2D eigenvalue weighted by molar-refractivity contribution is -0.119. The van der Waals surface area contributed by atoms with E-state index in [1.807, 2.05) is 37.3 Å². The fraction of sp³-hybridized carbons (Fsp3) is 0.182. The van der Waals surface area contributed by atoms with Gasteiger partial charge in [0.15, 0.2) is 5.82 Å². The number of amides is 1.